The second-order valence-corrected chi connectivity index (χ2v) is 4.84. The van der Waals surface area contributed by atoms with Crippen LogP contribution >= 0.6 is 0 Å². The van der Waals surface area contributed by atoms with Gasteiger partial charge < -0.3 is 20.3 Å². The highest BCUT2D eigenvalue weighted by Gasteiger charge is 2.26. The van der Waals surface area contributed by atoms with Crippen LogP contribution in [0.15, 0.2) is 12.1 Å². The van der Waals surface area contributed by atoms with Crippen LogP contribution in [0.1, 0.15) is 31.0 Å². The summed E-state index contributed by atoms with van der Waals surface area (Å²) >= 11 is 0. The molecule has 0 bridgehead atoms. The number of methoxy groups -OCH3 is 2. The molecule has 18 heavy (non-hydrogen) atoms. The molecule has 4 nitrogen and oxygen atoms in total. The molecular weight excluding hydrogens is 230 g/mol. The predicted molar refractivity (Wildman–Crippen MR) is 72.1 cm³/mol. The molecular formula is C14H23NO3. The molecule has 0 heterocycles. The largest absolute Gasteiger partial charge is 0.496 e. The molecule has 3 N–H and O–H groups in total. The lowest BCUT2D eigenvalue weighted by Crippen LogP contribution is -2.31. The summed E-state index contributed by atoms with van der Waals surface area (Å²) in [6.45, 7) is 5.81. The fourth-order valence-electron chi connectivity index (χ4n) is 1.98. The number of hydrogen-bond acceptors (Lipinski definition) is 4. The molecule has 0 fully saturated rings. The zero-order chi connectivity index (χ0) is 13.9. The van der Waals surface area contributed by atoms with E-state index < -0.39 is 12.1 Å². The van der Waals surface area contributed by atoms with Gasteiger partial charge in [-0.15, -0.1) is 0 Å². The van der Waals surface area contributed by atoms with Gasteiger partial charge in [-0.2, -0.15) is 0 Å². The van der Waals surface area contributed by atoms with Crippen LogP contribution < -0.4 is 15.2 Å². The lowest BCUT2D eigenvalue weighted by atomic mass is 9.92. The van der Waals surface area contributed by atoms with E-state index in [-0.39, 0.29) is 5.92 Å². The maximum Gasteiger partial charge on any atom is 0.127 e. The van der Waals surface area contributed by atoms with E-state index in [4.69, 9.17) is 15.2 Å². The minimum atomic E-state index is -0.643. The third-order valence-corrected chi connectivity index (χ3v) is 3.07. The first kappa shape index (κ1) is 14.8. The van der Waals surface area contributed by atoms with Gasteiger partial charge in [0.05, 0.1) is 31.9 Å². The monoisotopic (exact) mass is 253 g/mol. The molecule has 0 aliphatic rings. The number of aryl methyl sites for hydroxylation is 1. The highest BCUT2D eigenvalue weighted by atomic mass is 16.5. The maximum atomic E-state index is 10.1. The van der Waals surface area contributed by atoms with Gasteiger partial charge in [-0.1, -0.05) is 13.8 Å². The van der Waals surface area contributed by atoms with E-state index in [1.807, 2.05) is 32.9 Å². The van der Waals surface area contributed by atoms with Gasteiger partial charge in [-0.3, -0.25) is 0 Å². The zero-order valence-electron chi connectivity index (χ0n) is 11.7. The van der Waals surface area contributed by atoms with Crippen molar-refractivity contribution in [1.82, 2.24) is 0 Å². The van der Waals surface area contributed by atoms with E-state index in [0.29, 0.717) is 17.1 Å². The van der Waals surface area contributed by atoms with Gasteiger partial charge in [-0.25, -0.2) is 0 Å². The van der Waals surface area contributed by atoms with Crippen molar-refractivity contribution in [3.63, 3.8) is 0 Å². The molecule has 0 radical (unpaired) electrons. The number of rotatable bonds is 5. The van der Waals surface area contributed by atoms with E-state index in [2.05, 4.69) is 0 Å². The molecule has 0 saturated carbocycles. The lowest BCUT2D eigenvalue weighted by molar-refractivity contribution is 0.0958. The van der Waals surface area contributed by atoms with Gasteiger partial charge in [0.15, 0.2) is 0 Å². The minimum absolute atomic E-state index is 0.0655. The number of aliphatic hydroxyl groups excluding tert-OH is 1. The summed E-state index contributed by atoms with van der Waals surface area (Å²) in [5, 5.41) is 10.1. The number of ether oxygens (including phenoxy) is 2. The topological polar surface area (TPSA) is 64.7 Å². The molecule has 0 aliphatic carbocycles. The normalized spacial score (nSPS) is 14.4. The van der Waals surface area contributed by atoms with Crippen LogP contribution in [0, 0.1) is 12.8 Å². The van der Waals surface area contributed by atoms with E-state index in [9.17, 15) is 5.11 Å². The van der Waals surface area contributed by atoms with Crippen molar-refractivity contribution in [3.8, 4) is 11.5 Å². The average molecular weight is 253 g/mol. The average Bonchev–Trinajstić information content (AvgIpc) is 2.35. The summed E-state index contributed by atoms with van der Waals surface area (Å²) in [6.07, 6.45) is -0.643. The summed E-state index contributed by atoms with van der Waals surface area (Å²) in [7, 11) is 3.18. The Hall–Kier alpha value is -1.26. The molecule has 0 aromatic heterocycles. The smallest absolute Gasteiger partial charge is 0.127 e. The summed E-state index contributed by atoms with van der Waals surface area (Å²) < 4.78 is 10.7. The van der Waals surface area contributed by atoms with Crippen molar-refractivity contribution in [2.24, 2.45) is 11.7 Å². The second-order valence-electron chi connectivity index (χ2n) is 4.84. The molecule has 2 atom stereocenters. The van der Waals surface area contributed by atoms with Crippen LogP contribution in [0.5, 0.6) is 11.5 Å². The highest BCUT2D eigenvalue weighted by molar-refractivity contribution is 5.50. The van der Waals surface area contributed by atoms with Crippen molar-refractivity contribution in [2.75, 3.05) is 14.2 Å². The molecule has 1 aromatic carbocycles. The Labute approximate surface area is 109 Å². The van der Waals surface area contributed by atoms with Crippen molar-refractivity contribution < 1.29 is 14.6 Å². The fraction of sp³-hybridized carbons (Fsp3) is 0.571. The van der Waals surface area contributed by atoms with E-state index in [1.54, 1.807) is 14.2 Å². The van der Waals surface area contributed by atoms with Gasteiger partial charge in [0.25, 0.3) is 0 Å². The third kappa shape index (κ3) is 2.94. The van der Waals surface area contributed by atoms with Gasteiger partial charge in [-0.05, 0) is 30.5 Å². The zero-order valence-corrected chi connectivity index (χ0v) is 11.7. The van der Waals surface area contributed by atoms with Crippen LogP contribution in [0.25, 0.3) is 0 Å². The first-order valence-electron chi connectivity index (χ1n) is 6.08. The quantitative estimate of drug-likeness (QED) is 0.842. The summed E-state index contributed by atoms with van der Waals surface area (Å²) in [4.78, 5) is 0. The van der Waals surface area contributed by atoms with Crippen LogP contribution in [0.3, 0.4) is 0 Å². The minimum Gasteiger partial charge on any atom is -0.496 e. The Morgan fingerprint density at radius 2 is 1.56 bits per heavy atom. The maximum absolute atomic E-state index is 10.1. The predicted octanol–water partition coefficient (Wildman–Crippen LogP) is 2.03. The summed E-state index contributed by atoms with van der Waals surface area (Å²) in [5.41, 5.74) is 7.87. The van der Waals surface area contributed by atoms with Crippen LogP contribution in [-0.4, -0.2) is 25.4 Å². The number of aliphatic hydroxyl groups is 1. The van der Waals surface area contributed by atoms with Gasteiger partial charge in [0.2, 0.25) is 0 Å². The Balaban J connectivity index is 3.28. The Morgan fingerprint density at radius 3 is 1.89 bits per heavy atom. The molecule has 0 spiro atoms. The lowest BCUT2D eigenvalue weighted by Gasteiger charge is -2.26. The molecule has 0 saturated heterocycles. The Bertz CT molecular complexity index is 379. The molecule has 1 rings (SSSR count). The Kier molecular flexibility index (Phi) is 4.99. The molecule has 0 aliphatic heterocycles. The van der Waals surface area contributed by atoms with E-state index >= 15 is 0 Å². The number of nitrogens with two attached hydrogens (primary N) is 1. The molecule has 1 aromatic rings. The first-order valence-corrected chi connectivity index (χ1v) is 6.08. The molecule has 102 valence electrons. The van der Waals surface area contributed by atoms with Gasteiger partial charge in [0.1, 0.15) is 11.5 Å². The number of hydrogen-bond donors (Lipinski definition) is 2. The Morgan fingerprint density at radius 1 is 1.11 bits per heavy atom. The second kappa shape index (κ2) is 6.07. The van der Waals surface area contributed by atoms with Crippen molar-refractivity contribution >= 4 is 0 Å². The van der Waals surface area contributed by atoms with Gasteiger partial charge >= 0.3 is 0 Å². The number of benzene rings is 1. The molecule has 0 unspecified atom stereocenters. The molecule has 0 amide bonds. The third-order valence-electron chi connectivity index (χ3n) is 3.07. The van der Waals surface area contributed by atoms with Crippen LogP contribution in [0.2, 0.25) is 0 Å². The van der Waals surface area contributed by atoms with Crippen LogP contribution in [0.4, 0.5) is 0 Å². The summed E-state index contributed by atoms with van der Waals surface area (Å²) in [5.74, 6) is 1.37. The van der Waals surface area contributed by atoms with Crippen molar-refractivity contribution in [1.29, 1.82) is 0 Å². The molecule has 4 heteroatoms. The SMILES string of the molecule is COc1cc(C)cc(OC)c1[C@@H](N)[C@@H](O)C(C)C. The highest BCUT2D eigenvalue weighted by Crippen LogP contribution is 2.36. The first-order chi connectivity index (χ1) is 8.42. The van der Waals surface area contributed by atoms with Gasteiger partial charge in [0, 0.05) is 0 Å². The van der Waals surface area contributed by atoms with Crippen LogP contribution in [-0.2, 0) is 0 Å². The van der Waals surface area contributed by atoms with E-state index in [1.165, 1.54) is 0 Å². The standard InChI is InChI=1S/C14H23NO3/c1-8(2)14(16)13(15)12-10(17-4)6-9(3)7-11(12)18-5/h6-8,13-14,16H,15H2,1-5H3/t13-,14+/m1/s1. The van der Waals surface area contributed by atoms with Crippen molar-refractivity contribution in [3.05, 3.63) is 23.3 Å². The van der Waals surface area contributed by atoms with E-state index in [0.717, 1.165) is 5.56 Å². The fourth-order valence-corrected chi connectivity index (χ4v) is 1.98. The summed E-state index contributed by atoms with van der Waals surface area (Å²) in [6, 6.07) is 3.26. The van der Waals surface area contributed by atoms with Crippen molar-refractivity contribution in [2.45, 2.75) is 32.9 Å².